The summed E-state index contributed by atoms with van der Waals surface area (Å²) in [6.45, 7) is 0. The Labute approximate surface area is 213 Å². The monoisotopic (exact) mass is 486 g/mol. The van der Waals surface area contributed by atoms with E-state index in [9.17, 15) is 0 Å². The minimum atomic E-state index is -0.0136. The SMILES string of the molecule is S=C1N[C@H](c2ccccn2)[C@H](c2ccn(C3CCCCC3)c2)N1c1ccc(OC2CCCC2)cc1. The van der Waals surface area contributed by atoms with Crippen LogP contribution in [0.25, 0.3) is 0 Å². The topological polar surface area (TPSA) is 42.3 Å². The molecule has 6 heteroatoms. The van der Waals surface area contributed by atoms with Gasteiger partial charge >= 0.3 is 0 Å². The molecule has 3 aliphatic rings. The maximum absolute atomic E-state index is 6.21. The summed E-state index contributed by atoms with van der Waals surface area (Å²) in [6, 6.07) is 17.5. The van der Waals surface area contributed by atoms with Crippen LogP contribution in [0.1, 0.15) is 87.2 Å². The van der Waals surface area contributed by atoms with E-state index in [4.69, 9.17) is 21.9 Å². The second-order valence-corrected chi connectivity index (χ2v) is 10.6. The minimum absolute atomic E-state index is 0.0136. The van der Waals surface area contributed by atoms with Gasteiger partial charge in [-0.1, -0.05) is 25.3 Å². The predicted molar refractivity (Wildman–Crippen MR) is 144 cm³/mol. The van der Waals surface area contributed by atoms with Crippen molar-refractivity contribution in [3.05, 3.63) is 78.4 Å². The molecule has 3 fully saturated rings. The molecule has 2 atom stereocenters. The molecular weight excluding hydrogens is 452 g/mol. The fraction of sp³-hybridized carbons (Fsp3) is 0.448. The maximum atomic E-state index is 6.21. The van der Waals surface area contributed by atoms with Crippen LogP contribution in [0.15, 0.2) is 67.1 Å². The Kier molecular flexibility index (Phi) is 6.47. The molecule has 6 rings (SSSR count). The number of anilines is 1. The third-order valence-corrected chi connectivity index (χ3v) is 8.21. The van der Waals surface area contributed by atoms with Crippen molar-refractivity contribution in [3.8, 4) is 5.75 Å². The third kappa shape index (κ3) is 4.68. The second-order valence-electron chi connectivity index (χ2n) is 10.2. The zero-order valence-electron chi connectivity index (χ0n) is 20.2. The summed E-state index contributed by atoms with van der Waals surface area (Å²) in [4.78, 5) is 6.95. The quantitative estimate of drug-likeness (QED) is 0.384. The maximum Gasteiger partial charge on any atom is 0.174 e. The largest absolute Gasteiger partial charge is 0.490 e. The molecule has 3 heterocycles. The number of pyridine rings is 1. The van der Waals surface area contributed by atoms with Crippen LogP contribution in [0.5, 0.6) is 5.75 Å². The van der Waals surface area contributed by atoms with Crippen LogP contribution in [0.2, 0.25) is 0 Å². The molecule has 1 aromatic carbocycles. The number of thiocarbonyl (C=S) groups is 1. The smallest absolute Gasteiger partial charge is 0.174 e. The van der Waals surface area contributed by atoms with Gasteiger partial charge in [-0.3, -0.25) is 4.98 Å². The molecule has 1 saturated heterocycles. The number of hydrogen-bond acceptors (Lipinski definition) is 3. The molecule has 182 valence electrons. The van der Waals surface area contributed by atoms with E-state index in [1.54, 1.807) is 0 Å². The first kappa shape index (κ1) is 22.6. The average Bonchev–Trinajstić information content (AvgIpc) is 3.66. The van der Waals surface area contributed by atoms with Gasteiger partial charge in [0.25, 0.3) is 0 Å². The first-order valence-corrected chi connectivity index (χ1v) is 13.6. The highest BCUT2D eigenvalue weighted by Crippen LogP contribution is 2.42. The van der Waals surface area contributed by atoms with Crippen LogP contribution in [0.3, 0.4) is 0 Å². The summed E-state index contributed by atoms with van der Waals surface area (Å²) in [7, 11) is 0. The summed E-state index contributed by atoms with van der Waals surface area (Å²) >= 11 is 5.91. The van der Waals surface area contributed by atoms with Crippen molar-refractivity contribution in [3.63, 3.8) is 0 Å². The fourth-order valence-corrected chi connectivity index (χ4v) is 6.41. The second kappa shape index (κ2) is 10.0. The normalized spacial score (nSPS) is 23.5. The molecule has 0 unspecified atom stereocenters. The molecule has 0 bridgehead atoms. The molecule has 0 radical (unpaired) electrons. The average molecular weight is 487 g/mol. The number of rotatable bonds is 6. The lowest BCUT2D eigenvalue weighted by Gasteiger charge is -2.28. The van der Waals surface area contributed by atoms with Gasteiger partial charge in [0.1, 0.15) is 5.75 Å². The van der Waals surface area contributed by atoms with E-state index in [1.807, 2.05) is 12.3 Å². The van der Waals surface area contributed by atoms with E-state index >= 15 is 0 Å². The van der Waals surface area contributed by atoms with E-state index in [0.29, 0.717) is 12.1 Å². The van der Waals surface area contributed by atoms with E-state index in [2.05, 4.69) is 69.6 Å². The number of aromatic nitrogens is 2. The van der Waals surface area contributed by atoms with Crippen LogP contribution in [-0.4, -0.2) is 20.8 Å². The number of ether oxygens (including phenoxy) is 1. The molecule has 2 aromatic heterocycles. The first-order chi connectivity index (χ1) is 17.3. The Morgan fingerprint density at radius 3 is 2.40 bits per heavy atom. The summed E-state index contributed by atoms with van der Waals surface area (Å²) in [6.07, 6.45) is 18.2. The Bertz CT molecular complexity index is 1130. The van der Waals surface area contributed by atoms with Gasteiger partial charge < -0.3 is 19.5 Å². The van der Waals surface area contributed by atoms with Gasteiger partial charge in [0.15, 0.2) is 5.11 Å². The zero-order valence-corrected chi connectivity index (χ0v) is 21.0. The van der Waals surface area contributed by atoms with Crippen molar-refractivity contribution in [2.24, 2.45) is 0 Å². The van der Waals surface area contributed by atoms with E-state index < -0.39 is 0 Å². The van der Waals surface area contributed by atoms with Gasteiger partial charge in [0, 0.05) is 30.3 Å². The summed E-state index contributed by atoms with van der Waals surface area (Å²) in [5, 5.41) is 4.32. The molecule has 5 nitrogen and oxygen atoms in total. The highest BCUT2D eigenvalue weighted by molar-refractivity contribution is 7.80. The molecule has 2 saturated carbocycles. The lowest BCUT2D eigenvalue weighted by atomic mass is 9.95. The Morgan fingerprint density at radius 2 is 1.66 bits per heavy atom. The van der Waals surface area contributed by atoms with Gasteiger partial charge in [0.05, 0.1) is 23.9 Å². The van der Waals surface area contributed by atoms with E-state index in [0.717, 1.165) is 35.1 Å². The van der Waals surface area contributed by atoms with Crippen molar-refractivity contribution in [2.45, 2.75) is 82.0 Å². The van der Waals surface area contributed by atoms with Gasteiger partial charge in [-0.2, -0.15) is 0 Å². The van der Waals surface area contributed by atoms with Crippen LogP contribution >= 0.6 is 12.2 Å². The summed E-state index contributed by atoms with van der Waals surface area (Å²) in [5.41, 5.74) is 3.36. The molecule has 0 spiro atoms. The lowest BCUT2D eigenvalue weighted by Crippen LogP contribution is -2.29. The van der Waals surface area contributed by atoms with Crippen LogP contribution < -0.4 is 15.0 Å². The standard InChI is InChI=1S/C29H34N4OS/c35-29-31-27(26-12-6-7-18-30-26)28(21-17-19-32(20-21)22-8-2-1-3-9-22)33(29)23-13-15-25(16-14-23)34-24-10-4-5-11-24/h6-7,12-20,22,24,27-28H,1-5,8-11H2,(H,31,35)/t27-,28+/m1/s1. The molecule has 3 aromatic rings. The van der Waals surface area contributed by atoms with Gasteiger partial charge in [-0.05, 0) is 98.8 Å². The molecule has 0 amide bonds. The Balaban J connectivity index is 1.31. The molecule has 1 aliphatic heterocycles. The first-order valence-electron chi connectivity index (χ1n) is 13.2. The summed E-state index contributed by atoms with van der Waals surface area (Å²) in [5.74, 6) is 0.944. The molecule has 35 heavy (non-hydrogen) atoms. The van der Waals surface area contributed by atoms with E-state index in [-0.39, 0.29) is 12.1 Å². The van der Waals surface area contributed by atoms with Gasteiger partial charge in [-0.25, -0.2) is 0 Å². The third-order valence-electron chi connectivity index (χ3n) is 7.89. The van der Waals surface area contributed by atoms with Crippen molar-refractivity contribution in [2.75, 3.05) is 4.90 Å². The minimum Gasteiger partial charge on any atom is -0.490 e. The molecular formula is C29H34N4OS. The predicted octanol–water partition coefficient (Wildman–Crippen LogP) is 6.89. The Hall–Kier alpha value is -2.86. The number of nitrogens with one attached hydrogen (secondary N) is 1. The summed E-state index contributed by atoms with van der Waals surface area (Å²) < 4.78 is 8.64. The zero-order chi connectivity index (χ0) is 23.6. The van der Waals surface area contributed by atoms with Gasteiger partial charge in [-0.15, -0.1) is 0 Å². The lowest BCUT2D eigenvalue weighted by molar-refractivity contribution is 0.210. The fourth-order valence-electron chi connectivity index (χ4n) is 6.07. The molecule has 2 aliphatic carbocycles. The van der Waals surface area contributed by atoms with Crippen molar-refractivity contribution >= 4 is 23.0 Å². The van der Waals surface area contributed by atoms with Crippen LogP contribution in [0, 0.1) is 0 Å². The highest BCUT2D eigenvalue weighted by atomic mass is 32.1. The van der Waals surface area contributed by atoms with E-state index in [1.165, 1.54) is 50.5 Å². The molecule has 1 N–H and O–H groups in total. The number of nitrogens with zero attached hydrogens (tertiary/aromatic N) is 3. The number of benzene rings is 1. The van der Waals surface area contributed by atoms with Crippen molar-refractivity contribution in [1.82, 2.24) is 14.9 Å². The van der Waals surface area contributed by atoms with Crippen LogP contribution in [-0.2, 0) is 0 Å². The van der Waals surface area contributed by atoms with Crippen LogP contribution in [0.4, 0.5) is 5.69 Å². The van der Waals surface area contributed by atoms with Crippen molar-refractivity contribution in [1.29, 1.82) is 0 Å². The van der Waals surface area contributed by atoms with Gasteiger partial charge in [0.2, 0.25) is 0 Å². The van der Waals surface area contributed by atoms with Crippen molar-refractivity contribution < 1.29 is 4.74 Å². The highest BCUT2D eigenvalue weighted by Gasteiger charge is 2.41. The number of hydrogen-bond donors (Lipinski definition) is 1. The Morgan fingerprint density at radius 1 is 0.886 bits per heavy atom.